The first kappa shape index (κ1) is 21.4. The summed E-state index contributed by atoms with van der Waals surface area (Å²) >= 11 is 3.31. The number of amides is 2. The Hall–Kier alpha value is -1.63. The standard InChI is InChI=1S/C18H28BrN3O3/c1-5-7-10-22(12-14-8-9-15(19)20-11-14)18(24)21-16(13(3)6-2)17(23)25-4/h8-9,11,13,16H,5-7,10,12H2,1-4H3,(H,21,24). The molecule has 1 heterocycles. The highest BCUT2D eigenvalue weighted by Crippen LogP contribution is 2.13. The number of ether oxygens (including phenoxy) is 1. The van der Waals surface area contributed by atoms with Gasteiger partial charge in [0.1, 0.15) is 10.6 Å². The highest BCUT2D eigenvalue weighted by molar-refractivity contribution is 9.10. The van der Waals surface area contributed by atoms with Crippen LogP contribution in [0.5, 0.6) is 0 Å². The van der Waals surface area contributed by atoms with E-state index in [2.05, 4.69) is 33.2 Å². The topological polar surface area (TPSA) is 71.5 Å². The number of urea groups is 1. The molecule has 1 N–H and O–H groups in total. The van der Waals surface area contributed by atoms with E-state index in [1.165, 1.54) is 7.11 Å². The molecule has 1 aromatic heterocycles. The van der Waals surface area contributed by atoms with Gasteiger partial charge >= 0.3 is 12.0 Å². The quantitative estimate of drug-likeness (QED) is 0.494. The lowest BCUT2D eigenvalue weighted by Gasteiger charge is -2.28. The van der Waals surface area contributed by atoms with Crippen LogP contribution in [-0.4, -0.2) is 41.6 Å². The van der Waals surface area contributed by atoms with Crippen LogP contribution in [0.2, 0.25) is 0 Å². The number of pyridine rings is 1. The van der Waals surface area contributed by atoms with Crippen LogP contribution in [0, 0.1) is 5.92 Å². The van der Waals surface area contributed by atoms with Gasteiger partial charge in [-0.1, -0.05) is 39.7 Å². The van der Waals surface area contributed by atoms with Crippen LogP contribution < -0.4 is 5.32 Å². The van der Waals surface area contributed by atoms with Crippen LogP contribution in [0.4, 0.5) is 4.79 Å². The van der Waals surface area contributed by atoms with Crippen molar-refractivity contribution < 1.29 is 14.3 Å². The molecule has 140 valence electrons. The minimum Gasteiger partial charge on any atom is -0.467 e. The van der Waals surface area contributed by atoms with E-state index in [0.29, 0.717) is 13.1 Å². The third-order valence-corrected chi connectivity index (χ3v) is 4.65. The van der Waals surface area contributed by atoms with Gasteiger partial charge in [0.05, 0.1) is 7.11 Å². The number of carbonyl (C=O) groups excluding carboxylic acids is 2. The predicted octanol–water partition coefficient (Wildman–Crippen LogP) is 3.74. The van der Waals surface area contributed by atoms with Gasteiger partial charge in [-0.05, 0) is 39.9 Å². The molecule has 6 nitrogen and oxygen atoms in total. The first-order valence-corrected chi connectivity index (χ1v) is 9.45. The van der Waals surface area contributed by atoms with Crippen molar-refractivity contribution in [3.8, 4) is 0 Å². The lowest BCUT2D eigenvalue weighted by atomic mass is 9.99. The molecule has 0 saturated carbocycles. The third-order valence-electron chi connectivity index (χ3n) is 4.18. The fourth-order valence-electron chi connectivity index (χ4n) is 2.34. The van der Waals surface area contributed by atoms with E-state index in [0.717, 1.165) is 29.4 Å². The molecule has 2 amide bonds. The molecular weight excluding hydrogens is 386 g/mol. The number of unbranched alkanes of at least 4 members (excludes halogenated alkanes) is 1. The van der Waals surface area contributed by atoms with Gasteiger partial charge in [-0.25, -0.2) is 14.6 Å². The maximum absolute atomic E-state index is 12.7. The van der Waals surface area contributed by atoms with E-state index in [9.17, 15) is 9.59 Å². The average molecular weight is 414 g/mol. The van der Waals surface area contributed by atoms with E-state index in [-0.39, 0.29) is 11.9 Å². The Balaban J connectivity index is 2.86. The monoisotopic (exact) mass is 413 g/mol. The fourth-order valence-corrected chi connectivity index (χ4v) is 2.58. The Morgan fingerprint density at radius 3 is 2.60 bits per heavy atom. The van der Waals surface area contributed by atoms with Crippen molar-refractivity contribution in [2.45, 2.75) is 52.6 Å². The number of esters is 1. The summed E-state index contributed by atoms with van der Waals surface area (Å²) in [4.78, 5) is 30.7. The number of nitrogens with one attached hydrogen (secondary N) is 1. The molecule has 0 aromatic carbocycles. The Morgan fingerprint density at radius 2 is 2.08 bits per heavy atom. The fraction of sp³-hybridized carbons (Fsp3) is 0.611. The van der Waals surface area contributed by atoms with E-state index in [1.807, 2.05) is 26.0 Å². The van der Waals surface area contributed by atoms with Crippen LogP contribution >= 0.6 is 15.9 Å². The van der Waals surface area contributed by atoms with Gasteiger partial charge in [0, 0.05) is 19.3 Å². The molecule has 1 rings (SSSR count). The summed E-state index contributed by atoms with van der Waals surface area (Å²) in [6, 6.07) is 2.87. The van der Waals surface area contributed by atoms with Crippen molar-refractivity contribution in [2.75, 3.05) is 13.7 Å². The molecule has 7 heteroatoms. The summed E-state index contributed by atoms with van der Waals surface area (Å²) in [6.45, 7) is 7.05. The van der Waals surface area contributed by atoms with Crippen LogP contribution in [0.15, 0.2) is 22.9 Å². The van der Waals surface area contributed by atoms with Gasteiger partial charge in [0.25, 0.3) is 0 Å². The first-order chi connectivity index (χ1) is 11.9. The Labute approximate surface area is 158 Å². The number of halogens is 1. The van der Waals surface area contributed by atoms with Crippen molar-refractivity contribution in [2.24, 2.45) is 5.92 Å². The van der Waals surface area contributed by atoms with Gasteiger partial charge < -0.3 is 15.0 Å². The number of rotatable bonds is 9. The largest absolute Gasteiger partial charge is 0.467 e. The third kappa shape index (κ3) is 7.02. The number of aromatic nitrogens is 1. The van der Waals surface area contributed by atoms with Crippen molar-refractivity contribution in [3.63, 3.8) is 0 Å². The molecule has 0 bridgehead atoms. The smallest absolute Gasteiger partial charge is 0.328 e. The minimum absolute atomic E-state index is 0.00114. The van der Waals surface area contributed by atoms with Crippen LogP contribution in [-0.2, 0) is 16.1 Å². The average Bonchev–Trinajstić information content (AvgIpc) is 2.63. The Bertz CT molecular complexity index is 551. The summed E-state index contributed by atoms with van der Waals surface area (Å²) in [6.07, 6.45) is 4.38. The molecule has 2 unspecified atom stereocenters. The predicted molar refractivity (Wildman–Crippen MR) is 101 cm³/mol. The molecule has 0 aliphatic heterocycles. The summed E-state index contributed by atoms with van der Waals surface area (Å²) < 4.78 is 5.59. The maximum atomic E-state index is 12.7. The van der Waals surface area contributed by atoms with Crippen LogP contribution in [0.3, 0.4) is 0 Å². The zero-order valence-corrected chi connectivity index (χ0v) is 17.0. The van der Waals surface area contributed by atoms with Crippen molar-refractivity contribution >= 4 is 27.9 Å². The summed E-state index contributed by atoms with van der Waals surface area (Å²) in [5.41, 5.74) is 0.938. The number of methoxy groups -OCH3 is 1. The van der Waals surface area contributed by atoms with Gasteiger partial charge in [0.15, 0.2) is 0 Å². The van der Waals surface area contributed by atoms with Gasteiger partial charge in [-0.15, -0.1) is 0 Å². The second kappa shape index (κ2) is 11.1. The zero-order chi connectivity index (χ0) is 18.8. The molecule has 2 atom stereocenters. The number of carbonyl (C=O) groups is 2. The lowest BCUT2D eigenvalue weighted by Crippen LogP contribution is -2.51. The summed E-state index contributed by atoms with van der Waals surface area (Å²) in [5, 5.41) is 2.84. The van der Waals surface area contributed by atoms with Crippen molar-refractivity contribution in [1.82, 2.24) is 15.2 Å². The molecule has 0 fully saturated rings. The SMILES string of the molecule is CCCCN(Cc1ccc(Br)nc1)C(=O)NC(C(=O)OC)C(C)CC. The van der Waals surface area contributed by atoms with Gasteiger partial charge in [-0.2, -0.15) is 0 Å². The molecule has 0 spiro atoms. The zero-order valence-electron chi connectivity index (χ0n) is 15.4. The molecule has 1 aromatic rings. The van der Waals surface area contributed by atoms with Gasteiger partial charge in [-0.3, -0.25) is 0 Å². The van der Waals surface area contributed by atoms with Crippen molar-refractivity contribution in [3.05, 3.63) is 28.5 Å². The van der Waals surface area contributed by atoms with E-state index in [1.54, 1.807) is 11.1 Å². The maximum Gasteiger partial charge on any atom is 0.328 e. The second-order valence-electron chi connectivity index (χ2n) is 6.10. The molecule has 0 saturated heterocycles. The number of hydrogen-bond acceptors (Lipinski definition) is 4. The summed E-state index contributed by atoms with van der Waals surface area (Å²) in [5.74, 6) is -0.415. The molecule has 0 aliphatic carbocycles. The Kier molecular flexibility index (Phi) is 9.49. The normalized spacial score (nSPS) is 13.0. The van der Waals surface area contributed by atoms with Crippen molar-refractivity contribution in [1.29, 1.82) is 0 Å². The lowest BCUT2D eigenvalue weighted by molar-refractivity contribution is -0.144. The number of nitrogens with zero attached hydrogens (tertiary/aromatic N) is 2. The highest BCUT2D eigenvalue weighted by atomic mass is 79.9. The number of hydrogen-bond donors (Lipinski definition) is 1. The highest BCUT2D eigenvalue weighted by Gasteiger charge is 2.28. The molecule has 25 heavy (non-hydrogen) atoms. The second-order valence-corrected chi connectivity index (χ2v) is 6.91. The molecule has 0 aliphatic rings. The molecule has 0 radical (unpaired) electrons. The minimum atomic E-state index is -0.644. The van der Waals surface area contributed by atoms with Crippen LogP contribution in [0.1, 0.15) is 45.6 Å². The Morgan fingerprint density at radius 1 is 1.36 bits per heavy atom. The van der Waals surface area contributed by atoms with Gasteiger partial charge in [0.2, 0.25) is 0 Å². The first-order valence-electron chi connectivity index (χ1n) is 8.66. The van der Waals surface area contributed by atoms with Crippen LogP contribution in [0.25, 0.3) is 0 Å². The van der Waals surface area contributed by atoms with E-state index >= 15 is 0 Å². The van der Waals surface area contributed by atoms with E-state index in [4.69, 9.17) is 4.74 Å². The van der Waals surface area contributed by atoms with E-state index < -0.39 is 12.0 Å². The molecular formula is C18H28BrN3O3. The summed E-state index contributed by atoms with van der Waals surface area (Å²) in [7, 11) is 1.34.